The van der Waals surface area contributed by atoms with Crippen molar-refractivity contribution in [3.63, 3.8) is 0 Å². The van der Waals surface area contributed by atoms with Crippen LogP contribution in [0, 0.1) is 5.92 Å². The van der Waals surface area contributed by atoms with Crippen LogP contribution in [-0.4, -0.2) is 12.1 Å². The van der Waals surface area contributed by atoms with E-state index in [1.165, 1.54) is 24.3 Å². The summed E-state index contributed by atoms with van der Waals surface area (Å²) in [6, 6.07) is 5.58. The fourth-order valence-electron chi connectivity index (χ4n) is 1.41. The Morgan fingerprint density at radius 2 is 1.78 bits per heavy atom. The van der Waals surface area contributed by atoms with Crippen LogP contribution in [0.25, 0.3) is 0 Å². The number of ether oxygens (including phenoxy) is 1. The van der Waals surface area contributed by atoms with Crippen molar-refractivity contribution in [3.8, 4) is 5.75 Å². The van der Waals surface area contributed by atoms with Crippen molar-refractivity contribution in [1.82, 2.24) is 0 Å². The first-order chi connectivity index (χ1) is 8.28. The maximum absolute atomic E-state index is 11.9. The number of hydrogen-bond donors (Lipinski definition) is 0. The molecule has 0 heterocycles. The van der Waals surface area contributed by atoms with E-state index >= 15 is 0 Å². The highest BCUT2D eigenvalue weighted by atomic mass is 19.4. The van der Waals surface area contributed by atoms with E-state index in [0.717, 1.165) is 5.56 Å². The molecule has 1 aromatic rings. The summed E-state index contributed by atoms with van der Waals surface area (Å²) in [5, 5.41) is 0. The Balaban J connectivity index is 2.53. The zero-order valence-corrected chi connectivity index (χ0v) is 10.3. The maximum Gasteiger partial charge on any atom is 0.573 e. The van der Waals surface area contributed by atoms with Crippen molar-refractivity contribution in [3.05, 3.63) is 29.8 Å². The number of alkyl halides is 3. The third kappa shape index (κ3) is 5.21. The molecule has 1 aromatic carbocycles. The average molecular weight is 260 g/mol. The average Bonchev–Trinajstić information content (AvgIpc) is 2.25. The van der Waals surface area contributed by atoms with Crippen LogP contribution in [0.15, 0.2) is 24.3 Å². The number of hydrogen-bond acceptors (Lipinski definition) is 2. The molecule has 0 amide bonds. The fraction of sp³-hybridized carbons (Fsp3) is 0.462. The van der Waals surface area contributed by atoms with Crippen LogP contribution in [-0.2, 0) is 11.2 Å². The number of ketones is 1. The van der Waals surface area contributed by atoms with Crippen LogP contribution < -0.4 is 4.74 Å². The van der Waals surface area contributed by atoms with Crippen LogP contribution >= 0.6 is 0 Å². The first-order valence-electron chi connectivity index (χ1n) is 5.65. The molecule has 0 aromatic heterocycles. The molecule has 5 heteroatoms. The molecule has 18 heavy (non-hydrogen) atoms. The quantitative estimate of drug-likeness (QED) is 0.806. The lowest BCUT2D eigenvalue weighted by Crippen LogP contribution is -2.17. The molecule has 1 rings (SSSR count). The van der Waals surface area contributed by atoms with Gasteiger partial charge in [-0.15, -0.1) is 13.2 Å². The summed E-state index contributed by atoms with van der Waals surface area (Å²) in [7, 11) is 0. The van der Waals surface area contributed by atoms with E-state index < -0.39 is 6.36 Å². The predicted octanol–water partition coefficient (Wildman–Crippen LogP) is 3.74. The van der Waals surface area contributed by atoms with E-state index in [0.29, 0.717) is 12.8 Å². The zero-order chi connectivity index (χ0) is 13.8. The van der Waals surface area contributed by atoms with Crippen LogP contribution in [0.5, 0.6) is 5.75 Å². The molecule has 0 aliphatic rings. The maximum atomic E-state index is 11.9. The molecule has 0 unspecified atom stereocenters. The largest absolute Gasteiger partial charge is 0.573 e. The predicted molar refractivity (Wildman–Crippen MR) is 61.3 cm³/mol. The van der Waals surface area contributed by atoms with Crippen LogP contribution in [0.3, 0.4) is 0 Å². The normalized spacial score (nSPS) is 11.7. The third-order valence-corrected chi connectivity index (χ3v) is 2.46. The summed E-state index contributed by atoms with van der Waals surface area (Å²) in [6.07, 6.45) is -3.74. The molecule has 0 saturated carbocycles. The first-order valence-corrected chi connectivity index (χ1v) is 5.65. The molecule has 0 radical (unpaired) electrons. The third-order valence-electron chi connectivity index (χ3n) is 2.46. The summed E-state index contributed by atoms with van der Waals surface area (Å²) >= 11 is 0. The molecular weight excluding hydrogens is 245 g/mol. The number of rotatable bonds is 5. The van der Waals surface area contributed by atoms with Crippen molar-refractivity contribution in [2.75, 3.05) is 0 Å². The Hall–Kier alpha value is -1.52. The highest BCUT2D eigenvalue weighted by molar-refractivity contribution is 5.80. The van der Waals surface area contributed by atoms with Gasteiger partial charge in [-0.3, -0.25) is 4.79 Å². The topological polar surface area (TPSA) is 26.3 Å². The highest BCUT2D eigenvalue weighted by Crippen LogP contribution is 2.23. The Morgan fingerprint density at radius 1 is 1.22 bits per heavy atom. The van der Waals surface area contributed by atoms with Gasteiger partial charge in [-0.2, -0.15) is 0 Å². The van der Waals surface area contributed by atoms with Gasteiger partial charge in [-0.05, 0) is 24.1 Å². The minimum absolute atomic E-state index is 0.0159. The summed E-state index contributed by atoms with van der Waals surface area (Å²) in [5.41, 5.74) is 0.818. The van der Waals surface area contributed by atoms with Crippen LogP contribution in [0.4, 0.5) is 13.2 Å². The number of Topliss-reactive ketones (excluding diaryl/α,β-unsaturated/α-hetero) is 1. The smallest absolute Gasteiger partial charge is 0.406 e. The zero-order valence-electron chi connectivity index (χ0n) is 10.3. The Kier molecular flexibility index (Phi) is 4.76. The van der Waals surface area contributed by atoms with Gasteiger partial charge in [0, 0.05) is 12.3 Å². The molecule has 0 aliphatic carbocycles. The summed E-state index contributed by atoms with van der Waals surface area (Å²) in [6.45, 7) is 3.64. The molecule has 100 valence electrons. The molecule has 2 nitrogen and oxygen atoms in total. The number of aryl methyl sites for hydroxylation is 1. The number of halogens is 3. The van der Waals surface area contributed by atoms with Gasteiger partial charge in [0.1, 0.15) is 11.5 Å². The summed E-state index contributed by atoms with van der Waals surface area (Å²) in [5.74, 6) is -0.120. The van der Waals surface area contributed by atoms with Crippen molar-refractivity contribution >= 4 is 5.78 Å². The van der Waals surface area contributed by atoms with Gasteiger partial charge < -0.3 is 4.74 Å². The molecule has 0 saturated heterocycles. The Bertz CT molecular complexity index is 394. The molecule has 0 N–H and O–H groups in total. The van der Waals surface area contributed by atoms with E-state index in [-0.39, 0.29) is 17.5 Å². The number of carbonyl (C=O) groups is 1. The second-order valence-corrected chi connectivity index (χ2v) is 4.31. The van der Waals surface area contributed by atoms with Gasteiger partial charge in [0.05, 0.1) is 0 Å². The van der Waals surface area contributed by atoms with E-state index in [4.69, 9.17) is 0 Å². The van der Waals surface area contributed by atoms with Gasteiger partial charge >= 0.3 is 6.36 Å². The minimum atomic E-state index is -4.67. The summed E-state index contributed by atoms with van der Waals surface area (Å²) < 4.78 is 39.5. The Labute approximate surface area is 104 Å². The molecule has 0 atom stereocenters. The van der Waals surface area contributed by atoms with Gasteiger partial charge in [-0.25, -0.2) is 0 Å². The lowest BCUT2D eigenvalue weighted by Gasteiger charge is -2.09. The van der Waals surface area contributed by atoms with E-state index in [1.54, 1.807) is 0 Å². The van der Waals surface area contributed by atoms with Crippen molar-refractivity contribution in [2.24, 2.45) is 5.92 Å². The molecular formula is C13H15F3O2. The molecule has 0 aliphatic heterocycles. The molecule has 0 spiro atoms. The van der Waals surface area contributed by atoms with Gasteiger partial charge in [0.15, 0.2) is 0 Å². The monoisotopic (exact) mass is 260 g/mol. The van der Waals surface area contributed by atoms with E-state index in [1.807, 2.05) is 13.8 Å². The first kappa shape index (κ1) is 14.5. The fourth-order valence-corrected chi connectivity index (χ4v) is 1.41. The lowest BCUT2D eigenvalue weighted by atomic mass is 10.0. The molecule has 0 fully saturated rings. The van der Waals surface area contributed by atoms with Gasteiger partial charge in [-0.1, -0.05) is 26.0 Å². The minimum Gasteiger partial charge on any atom is -0.406 e. The van der Waals surface area contributed by atoms with Crippen molar-refractivity contribution in [1.29, 1.82) is 0 Å². The second-order valence-electron chi connectivity index (χ2n) is 4.31. The van der Waals surface area contributed by atoms with Crippen molar-refractivity contribution < 1.29 is 22.7 Å². The number of benzene rings is 1. The van der Waals surface area contributed by atoms with Gasteiger partial charge in [0.2, 0.25) is 0 Å². The van der Waals surface area contributed by atoms with Gasteiger partial charge in [0.25, 0.3) is 0 Å². The van der Waals surface area contributed by atoms with E-state index in [9.17, 15) is 18.0 Å². The molecule has 0 bridgehead atoms. The van der Waals surface area contributed by atoms with Crippen LogP contribution in [0.2, 0.25) is 0 Å². The lowest BCUT2D eigenvalue weighted by molar-refractivity contribution is -0.274. The van der Waals surface area contributed by atoms with Crippen LogP contribution in [0.1, 0.15) is 25.8 Å². The van der Waals surface area contributed by atoms with Crippen molar-refractivity contribution in [2.45, 2.75) is 33.1 Å². The number of carbonyl (C=O) groups excluding carboxylic acids is 1. The van der Waals surface area contributed by atoms with E-state index in [2.05, 4.69) is 4.74 Å². The summed E-state index contributed by atoms with van der Waals surface area (Å²) in [4.78, 5) is 11.4. The highest BCUT2D eigenvalue weighted by Gasteiger charge is 2.30. The standard InChI is InChI=1S/C13H15F3O2/c1-9(2)12(17)8-5-10-3-6-11(7-4-10)18-13(14,15)16/h3-4,6-7,9H,5,8H2,1-2H3. The Morgan fingerprint density at radius 3 is 2.22 bits per heavy atom. The second kappa shape index (κ2) is 5.89. The SMILES string of the molecule is CC(C)C(=O)CCc1ccc(OC(F)(F)F)cc1.